The van der Waals surface area contributed by atoms with E-state index in [1.165, 1.54) is 28.4 Å². The molecule has 0 saturated carbocycles. The Labute approximate surface area is 232 Å². The summed E-state index contributed by atoms with van der Waals surface area (Å²) in [6.45, 7) is 2.63. The molecule has 1 aromatic heterocycles. The number of amides is 2. The van der Waals surface area contributed by atoms with Gasteiger partial charge >= 0.3 is 7.12 Å². The molecule has 39 heavy (non-hydrogen) atoms. The zero-order valence-electron chi connectivity index (χ0n) is 22.1. The summed E-state index contributed by atoms with van der Waals surface area (Å²) in [5, 5.41) is 22.2. The minimum absolute atomic E-state index is 0.152. The molecule has 0 radical (unpaired) electrons. The quantitative estimate of drug-likeness (QED) is 0.263. The van der Waals surface area contributed by atoms with E-state index in [0.29, 0.717) is 31.4 Å². The van der Waals surface area contributed by atoms with Gasteiger partial charge in [0.2, 0.25) is 11.8 Å². The predicted octanol–water partition coefficient (Wildman–Crippen LogP) is 4.81. The molecule has 2 saturated heterocycles. The maximum Gasteiger partial charge on any atom is 0.455 e. The number of methoxy groups -OCH3 is 1. The van der Waals surface area contributed by atoms with Crippen molar-refractivity contribution in [1.29, 1.82) is 0 Å². The van der Waals surface area contributed by atoms with Crippen LogP contribution in [-0.2, 0) is 25.5 Å². The van der Waals surface area contributed by atoms with E-state index in [2.05, 4.69) is 0 Å². The predicted molar refractivity (Wildman–Crippen MR) is 147 cm³/mol. The Kier molecular flexibility index (Phi) is 8.37. The number of benzene rings is 1. The number of hydrogen-bond acceptors (Lipinski definition) is 7. The van der Waals surface area contributed by atoms with E-state index in [1.54, 1.807) is 13.2 Å². The monoisotopic (exact) mass is 553 g/mol. The van der Waals surface area contributed by atoms with E-state index in [4.69, 9.17) is 9.39 Å². The Hall–Kier alpha value is -2.79. The fraction of sp³-hybridized carbons (Fsp3) is 0.448. The summed E-state index contributed by atoms with van der Waals surface area (Å²) < 4.78 is 25.4. The number of aromatic hydroxyl groups is 1. The largest absolute Gasteiger partial charge is 0.505 e. The number of nitrogens with zero attached hydrogens (tertiary/aromatic N) is 1. The van der Waals surface area contributed by atoms with Crippen molar-refractivity contribution in [2.75, 3.05) is 13.7 Å². The van der Waals surface area contributed by atoms with Crippen molar-refractivity contribution in [3.8, 4) is 5.75 Å². The van der Waals surface area contributed by atoms with Crippen LogP contribution in [0.4, 0.5) is 4.39 Å². The molecule has 1 aliphatic carbocycles. The highest BCUT2D eigenvalue weighted by Crippen LogP contribution is 2.51. The van der Waals surface area contributed by atoms with Gasteiger partial charge < -0.3 is 19.5 Å². The van der Waals surface area contributed by atoms with Crippen molar-refractivity contribution in [2.45, 2.75) is 51.6 Å². The molecule has 0 bridgehead atoms. The molecule has 7 nitrogen and oxygen atoms in total. The fourth-order valence-corrected chi connectivity index (χ4v) is 7.06. The summed E-state index contributed by atoms with van der Waals surface area (Å²) in [5.41, 5.74) is 3.68. The molecule has 0 spiro atoms. The lowest BCUT2D eigenvalue weighted by Gasteiger charge is -2.43. The van der Waals surface area contributed by atoms with Gasteiger partial charge in [0.05, 0.1) is 31.1 Å². The lowest BCUT2D eigenvalue weighted by atomic mass is 9.58. The molecule has 3 heterocycles. The first kappa shape index (κ1) is 27.8. The van der Waals surface area contributed by atoms with Crippen molar-refractivity contribution in [1.82, 2.24) is 4.90 Å². The lowest BCUT2D eigenvalue weighted by Crippen LogP contribution is -2.46. The van der Waals surface area contributed by atoms with Gasteiger partial charge in [-0.15, -0.1) is 11.3 Å². The molecule has 2 aromatic rings. The highest BCUT2D eigenvalue weighted by Gasteiger charge is 2.57. The fourth-order valence-electron chi connectivity index (χ4n) is 6.37. The first-order valence-electron chi connectivity index (χ1n) is 13.4. The number of allylic oxidation sites excluding steroid dienone is 1. The minimum Gasteiger partial charge on any atom is -0.505 e. The van der Waals surface area contributed by atoms with Crippen molar-refractivity contribution < 1.29 is 33.5 Å². The zero-order chi connectivity index (χ0) is 27.7. The van der Waals surface area contributed by atoms with E-state index >= 15 is 0 Å². The molecule has 3 aliphatic rings. The van der Waals surface area contributed by atoms with Crippen LogP contribution in [0, 0.1) is 23.6 Å². The van der Waals surface area contributed by atoms with Gasteiger partial charge in [-0.1, -0.05) is 30.7 Å². The highest BCUT2D eigenvalue weighted by molar-refractivity contribution is 7.09. The number of ether oxygens (including phenoxy) is 1. The normalized spacial score (nSPS) is 25.4. The number of carbonyl (C=O) groups is 2. The molecule has 2 N–H and O–H groups in total. The van der Waals surface area contributed by atoms with Crippen molar-refractivity contribution in [3.63, 3.8) is 0 Å². The number of carbonyl (C=O) groups excluding carboxylic acids is 2. The molecule has 5 rings (SSSR count). The van der Waals surface area contributed by atoms with Gasteiger partial charge in [-0.25, -0.2) is 4.39 Å². The standard InChI is InChI=1S/C29H33BFNO6S/c1-3-17(11-18-6-8-24(33)23(31)12-18)7-9-25-26-19(16-37-2)13-21-27(22(26)14-30(36)38-25)29(35)32(28(21)34)15-20-5-4-10-39-20/h4-6,8,10-12,21-22,25,27,33,36H,3,7,9,13-16H2,1-2H3/b17-11+/t21-,22+,25-,27-/m1/s1. The number of halogens is 1. The maximum atomic E-state index is 13.9. The molecule has 2 aliphatic heterocycles. The van der Waals surface area contributed by atoms with Crippen LogP contribution in [0.25, 0.3) is 6.08 Å². The minimum atomic E-state index is -1.04. The number of imide groups is 1. The summed E-state index contributed by atoms with van der Waals surface area (Å²) in [7, 11) is 0.572. The van der Waals surface area contributed by atoms with Gasteiger partial charge in [0, 0.05) is 12.0 Å². The number of rotatable bonds is 9. The molecule has 10 heteroatoms. The molecule has 206 valence electrons. The molecule has 2 fully saturated rings. The van der Waals surface area contributed by atoms with E-state index in [0.717, 1.165) is 28.0 Å². The van der Waals surface area contributed by atoms with Crippen LogP contribution < -0.4 is 0 Å². The number of thiophene rings is 1. The SMILES string of the molecule is CC/C(=C\c1ccc(O)c(F)c1)CC[C@H]1OB(O)C[C@H]2C1=C(COC)C[C@H]1C(=O)N(Cc3cccs3)C(=O)[C@H]12. The number of phenolic OH excluding ortho intramolecular Hbond substituents is 1. The second-order valence-electron chi connectivity index (χ2n) is 10.5. The van der Waals surface area contributed by atoms with Gasteiger partial charge in [0.1, 0.15) is 0 Å². The average Bonchev–Trinajstić information content (AvgIpc) is 3.51. The Balaban J connectivity index is 1.40. The van der Waals surface area contributed by atoms with E-state index in [-0.39, 0.29) is 36.3 Å². The van der Waals surface area contributed by atoms with Crippen LogP contribution in [0.3, 0.4) is 0 Å². The molecular formula is C29H33BFNO6S. The number of phenols is 1. The third kappa shape index (κ3) is 5.61. The summed E-state index contributed by atoms with van der Waals surface area (Å²) >= 11 is 1.52. The Morgan fingerprint density at radius 2 is 2.10 bits per heavy atom. The average molecular weight is 553 g/mol. The first-order chi connectivity index (χ1) is 18.8. The molecule has 1 aromatic carbocycles. The smallest absolute Gasteiger partial charge is 0.455 e. The molecule has 0 unspecified atom stereocenters. The van der Waals surface area contributed by atoms with Crippen LogP contribution in [0.5, 0.6) is 5.75 Å². The van der Waals surface area contributed by atoms with Crippen molar-refractivity contribution >= 4 is 36.3 Å². The second-order valence-corrected chi connectivity index (χ2v) is 11.5. The van der Waals surface area contributed by atoms with Gasteiger partial charge in [-0.2, -0.15) is 0 Å². The van der Waals surface area contributed by atoms with Gasteiger partial charge in [0.15, 0.2) is 11.6 Å². The molecule has 4 atom stereocenters. The lowest BCUT2D eigenvalue weighted by molar-refractivity contribution is -0.140. The maximum absolute atomic E-state index is 13.9. The van der Waals surface area contributed by atoms with Crippen LogP contribution in [0.2, 0.25) is 6.32 Å². The van der Waals surface area contributed by atoms with E-state index < -0.39 is 30.9 Å². The Morgan fingerprint density at radius 1 is 1.28 bits per heavy atom. The van der Waals surface area contributed by atoms with Crippen molar-refractivity contribution in [2.24, 2.45) is 17.8 Å². The Bertz CT molecular complexity index is 1290. The van der Waals surface area contributed by atoms with Crippen LogP contribution in [-0.4, -0.2) is 53.8 Å². The topological polar surface area (TPSA) is 96.3 Å². The number of hydrogen-bond donors (Lipinski definition) is 2. The number of likely N-dealkylation sites (tertiary alicyclic amines) is 1. The van der Waals surface area contributed by atoms with Crippen molar-refractivity contribution in [3.05, 3.63) is 68.7 Å². The van der Waals surface area contributed by atoms with Crippen LogP contribution in [0.15, 0.2) is 52.4 Å². The third-order valence-electron chi connectivity index (χ3n) is 8.14. The van der Waals surface area contributed by atoms with E-state index in [9.17, 15) is 24.1 Å². The molecule has 2 amide bonds. The van der Waals surface area contributed by atoms with E-state index in [1.807, 2.05) is 30.5 Å². The highest BCUT2D eigenvalue weighted by atomic mass is 32.1. The van der Waals surface area contributed by atoms with Crippen LogP contribution in [0.1, 0.15) is 43.0 Å². The third-order valence-corrected chi connectivity index (χ3v) is 9.00. The summed E-state index contributed by atoms with van der Waals surface area (Å²) in [6.07, 6.45) is 4.12. The summed E-state index contributed by atoms with van der Waals surface area (Å²) in [6, 6.07) is 8.13. The van der Waals surface area contributed by atoms with Gasteiger partial charge in [0.25, 0.3) is 0 Å². The summed E-state index contributed by atoms with van der Waals surface area (Å²) in [4.78, 5) is 29.4. The molecular weight excluding hydrogens is 520 g/mol. The number of fused-ring (bicyclic) bond motifs is 3. The van der Waals surface area contributed by atoms with Gasteiger partial charge in [-0.05, 0) is 78.2 Å². The van der Waals surface area contributed by atoms with Gasteiger partial charge in [-0.3, -0.25) is 14.5 Å². The zero-order valence-corrected chi connectivity index (χ0v) is 23.0. The second kappa shape index (κ2) is 11.8. The first-order valence-corrected chi connectivity index (χ1v) is 14.3. The Morgan fingerprint density at radius 3 is 2.79 bits per heavy atom. The summed E-state index contributed by atoms with van der Waals surface area (Å²) in [5.74, 6) is -2.66. The van der Waals surface area contributed by atoms with Crippen LogP contribution >= 0.6 is 11.3 Å².